The van der Waals surface area contributed by atoms with Crippen LogP contribution >= 0.6 is 0 Å². The molecule has 0 fully saturated rings. The van der Waals surface area contributed by atoms with Gasteiger partial charge >= 0.3 is 5.97 Å². The minimum Gasteiger partial charge on any atom is -0.450 e. The number of halogens is 1. The molecule has 1 amide bonds. The van der Waals surface area contributed by atoms with E-state index in [1.807, 2.05) is 0 Å². The molecule has 1 heterocycles. The number of esters is 1. The van der Waals surface area contributed by atoms with E-state index >= 15 is 0 Å². The number of para-hydroxylation sites is 2. The number of hydrogen-bond acceptors (Lipinski definition) is 6. The third kappa shape index (κ3) is 3.76. The second-order valence-electron chi connectivity index (χ2n) is 5.60. The molecule has 8 nitrogen and oxygen atoms in total. The lowest BCUT2D eigenvalue weighted by atomic mass is 10.1. The van der Waals surface area contributed by atoms with Crippen molar-refractivity contribution < 1.29 is 28.1 Å². The predicted molar refractivity (Wildman–Crippen MR) is 92.9 cm³/mol. The normalized spacial score (nSPS) is 10.6. The molecule has 0 aliphatic carbocycles. The highest BCUT2D eigenvalue weighted by atomic mass is 19.1. The maximum Gasteiger partial charge on any atom is 0.375 e. The summed E-state index contributed by atoms with van der Waals surface area (Å²) in [7, 11) is 0. The van der Waals surface area contributed by atoms with Crippen molar-refractivity contribution in [2.75, 3.05) is 11.9 Å². The molecule has 138 valence electrons. The summed E-state index contributed by atoms with van der Waals surface area (Å²) in [6, 6.07) is 9.38. The third-order valence-corrected chi connectivity index (χ3v) is 3.79. The summed E-state index contributed by atoms with van der Waals surface area (Å²) in [5, 5.41) is 13.7. The van der Waals surface area contributed by atoms with Crippen LogP contribution in [0.25, 0.3) is 11.0 Å². The molecule has 27 heavy (non-hydrogen) atoms. The SMILES string of the molecule is Cc1c(C(=O)OCC(=O)Nc2ccccc2[N+](=O)[O-])oc2ccc(F)cc12. The number of furan rings is 1. The Morgan fingerprint density at radius 3 is 2.74 bits per heavy atom. The van der Waals surface area contributed by atoms with E-state index in [0.717, 1.165) is 0 Å². The van der Waals surface area contributed by atoms with Gasteiger partial charge in [-0.1, -0.05) is 12.1 Å². The van der Waals surface area contributed by atoms with Crippen LogP contribution in [0.3, 0.4) is 0 Å². The molecule has 0 aliphatic heterocycles. The number of hydrogen-bond donors (Lipinski definition) is 1. The first kappa shape index (κ1) is 18.1. The molecule has 0 unspecified atom stereocenters. The lowest BCUT2D eigenvalue weighted by molar-refractivity contribution is -0.383. The number of amides is 1. The van der Waals surface area contributed by atoms with Gasteiger partial charge in [-0.3, -0.25) is 14.9 Å². The Morgan fingerprint density at radius 1 is 1.26 bits per heavy atom. The number of benzene rings is 2. The van der Waals surface area contributed by atoms with Crippen LogP contribution in [0.2, 0.25) is 0 Å². The van der Waals surface area contributed by atoms with E-state index in [1.54, 1.807) is 6.92 Å². The van der Waals surface area contributed by atoms with Gasteiger partial charge in [0, 0.05) is 17.0 Å². The smallest absolute Gasteiger partial charge is 0.375 e. The number of nitrogens with one attached hydrogen (secondary N) is 1. The number of nitro groups is 1. The molecular weight excluding hydrogens is 359 g/mol. The van der Waals surface area contributed by atoms with Crippen LogP contribution in [0, 0.1) is 22.9 Å². The van der Waals surface area contributed by atoms with Crippen molar-refractivity contribution in [2.45, 2.75) is 6.92 Å². The lowest BCUT2D eigenvalue weighted by Gasteiger charge is -2.06. The van der Waals surface area contributed by atoms with Crippen LogP contribution in [0.4, 0.5) is 15.8 Å². The van der Waals surface area contributed by atoms with Crippen LogP contribution in [0.1, 0.15) is 16.1 Å². The fourth-order valence-corrected chi connectivity index (χ4v) is 2.51. The Labute approximate surface area is 151 Å². The number of nitrogens with zero attached hydrogens (tertiary/aromatic N) is 1. The molecule has 3 rings (SSSR count). The van der Waals surface area contributed by atoms with E-state index in [-0.39, 0.29) is 17.1 Å². The Bertz CT molecular complexity index is 1060. The number of anilines is 1. The molecule has 1 aromatic heterocycles. The standard InChI is InChI=1S/C18H13FN2O6/c1-10-12-8-11(19)6-7-15(12)27-17(10)18(23)26-9-16(22)20-13-4-2-3-5-14(13)21(24)25/h2-8H,9H2,1H3,(H,20,22). The molecule has 3 aromatic rings. The number of carbonyl (C=O) groups is 2. The van der Waals surface area contributed by atoms with Crippen molar-refractivity contribution in [3.8, 4) is 0 Å². The van der Waals surface area contributed by atoms with Gasteiger partial charge in [-0.15, -0.1) is 0 Å². The first-order chi connectivity index (χ1) is 12.9. The topological polar surface area (TPSA) is 112 Å². The summed E-state index contributed by atoms with van der Waals surface area (Å²) in [6.45, 7) is 0.894. The van der Waals surface area contributed by atoms with Crippen molar-refractivity contribution in [2.24, 2.45) is 0 Å². The van der Waals surface area contributed by atoms with Gasteiger partial charge < -0.3 is 14.5 Å². The molecule has 9 heteroatoms. The Balaban J connectivity index is 1.68. The molecule has 0 radical (unpaired) electrons. The predicted octanol–water partition coefficient (Wildman–Crippen LogP) is 3.58. The second kappa shape index (κ2) is 7.24. The summed E-state index contributed by atoms with van der Waals surface area (Å²) in [5.41, 5.74) is 0.394. The molecule has 2 aromatic carbocycles. The van der Waals surface area contributed by atoms with E-state index < -0.39 is 29.2 Å². The quantitative estimate of drug-likeness (QED) is 0.416. The van der Waals surface area contributed by atoms with Gasteiger partial charge in [-0.2, -0.15) is 0 Å². The van der Waals surface area contributed by atoms with E-state index in [1.165, 1.54) is 42.5 Å². The maximum atomic E-state index is 13.3. The third-order valence-electron chi connectivity index (χ3n) is 3.79. The lowest BCUT2D eigenvalue weighted by Crippen LogP contribution is -2.21. The largest absolute Gasteiger partial charge is 0.450 e. The van der Waals surface area contributed by atoms with Crippen molar-refractivity contribution in [1.29, 1.82) is 0 Å². The fraction of sp³-hybridized carbons (Fsp3) is 0.111. The number of aryl methyl sites for hydroxylation is 1. The van der Waals surface area contributed by atoms with Crippen LogP contribution < -0.4 is 5.32 Å². The van der Waals surface area contributed by atoms with Gasteiger partial charge in [0.25, 0.3) is 11.6 Å². The van der Waals surface area contributed by atoms with Crippen LogP contribution in [0.5, 0.6) is 0 Å². The number of carbonyl (C=O) groups excluding carboxylic acids is 2. The summed E-state index contributed by atoms with van der Waals surface area (Å²) in [6.07, 6.45) is 0. The Hall–Kier alpha value is -3.75. The highest BCUT2D eigenvalue weighted by Gasteiger charge is 2.21. The fourth-order valence-electron chi connectivity index (χ4n) is 2.51. The average Bonchev–Trinajstić information content (AvgIpc) is 2.96. The Morgan fingerprint density at radius 2 is 2.00 bits per heavy atom. The van der Waals surface area contributed by atoms with Crippen molar-refractivity contribution in [1.82, 2.24) is 0 Å². The van der Waals surface area contributed by atoms with Crippen LogP contribution in [-0.2, 0) is 9.53 Å². The summed E-state index contributed by atoms with van der Waals surface area (Å²) < 4.78 is 23.6. The summed E-state index contributed by atoms with van der Waals surface area (Å²) in [4.78, 5) is 34.4. The van der Waals surface area contributed by atoms with Crippen molar-refractivity contribution in [3.05, 3.63) is 69.7 Å². The number of rotatable bonds is 5. The zero-order valence-electron chi connectivity index (χ0n) is 14.0. The van der Waals surface area contributed by atoms with E-state index in [9.17, 15) is 24.1 Å². The molecule has 1 N–H and O–H groups in total. The highest BCUT2D eigenvalue weighted by Crippen LogP contribution is 2.27. The molecule has 0 atom stereocenters. The number of ether oxygens (including phenoxy) is 1. The summed E-state index contributed by atoms with van der Waals surface area (Å²) in [5.74, 6) is -2.27. The minimum absolute atomic E-state index is 0.0149. The average molecular weight is 372 g/mol. The van der Waals surface area contributed by atoms with Gasteiger partial charge in [0.1, 0.15) is 17.1 Å². The molecule has 0 bridgehead atoms. The molecule has 0 aliphatic rings. The van der Waals surface area contributed by atoms with Crippen molar-refractivity contribution >= 4 is 34.2 Å². The molecular formula is C18H13FN2O6. The van der Waals surface area contributed by atoms with Gasteiger partial charge in [-0.25, -0.2) is 9.18 Å². The number of nitro benzene ring substituents is 1. The van der Waals surface area contributed by atoms with Crippen molar-refractivity contribution in [3.63, 3.8) is 0 Å². The number of fused-ring (bicyclic) bond motifs is 1. The highest BCUT2D eigenvalue weighted by molar-refractivity contribution is 5.98. The van der Waals surface area contributed by atoms with E-state index in [2.05, 4.69) is 5.32 Å². The molecule has 0 saturated heterocycles. The van der Waals surface area contributed by atoms with Gasteiger partial charge in [0.2, 0.25) is 5.76 Å². The van der Waals surface area contributed by atoms with E-state index in [0.29, 0.717) is 16.5 Å². The van der Waals surface area contributed by atoms with Gasteiger partial charge in [-0.05, 0) is 31.2 Å². The monoisotopic (exact) mass is 372 g/mol. The zero-order chi connectivity index (χ0) is 19.6. The van der Waals surface area contributed by atoms with Gasteiger partial charge in [0.15, 0.2) is 6.61 Å². The minimum atomic E-state index is -0.901. The summed E-state index contributed by atoms with van der Waals surface area (Å²) >= 11 is 0. The molecule has 0 spiro atoms. The van der Waals surface area contributed by atoms with Crippen LogP contribution in [-0.4, -0.2) is 23.4 Å². The van der Waals surface area contributed by atoms with Crippen LogP contribution in [0.15, 0.2) is 46.9 Å². The first-order valence-corrected chi connectivity index (χ1v) is 7.76. The van der Waals surface area contributed by atoms with E-state index in [4.69, 9.17) is 9.15 Å². The first-order valence-electron chi connectivity index (χ1n) is 7.76. The zero-order valence-corrected chi connectivity index (χ0v) is 14.0. The second-order valence-corrected chi connectivity index (χ2v) is 5.60. The Kier molecular flexibility index (Phi) is 4.84. The van der Waals surface area contributed by atoms with Gasteiger partial charge in [0.05, 0.1) is 4.92 Å². The molecule has 0 saturated carbocycles. The maximum absolute atomic E-state index is 13.3.